The lowest BCUT2D eigenvalue weighted by atomic mass is 9.92. The van der Waals surface area contributed by atoms with Crippen molar-refractivity contribution in [3.05, 3.63) is 94.2 Å². The quantitative estimate of drug-likeness (QED) is 0.161. The van der Waals surface area contributed by atoms with E-state index in [2.05, 4.69) is 85.9 Å². The van der Waals surface area contributed by atoms with Crippen molar-refractivity contribution in [2.45, 2.75) is 58.5 Å². The second kappa shape index (κ2) is 15.7. The van der Waals surface area contributed by atoms with Gasteiger partial charge in [0.15, 0.2) is 11.5 Å². The highest BCUT2D eigenvalue weighted by Crippen LogP contribution is 2.35. The number of fused-ring (bicyclic) bond motifs is 3. The fraction of sp³-hybridized carbons (Fsp3) is 0.413. The van der Waals surface area contributed by atoms with Gasteiger partial charge in [-0.15, -0.1) is 0 Å². The van der Waals surface area contributed by atoms with Crippen LogP contribution in [0.25, 0.3) is 11.0 Å². The summed E-state index contributed by atoms with van der Waals surface area (Å²) in [4.78, 5) is 68.6. The SMILES string of the molecule is Cc1cccc(C)c1Nc1nn(C)c2nc(Nc3ccc4c(c3)CN(CC3CCN(CC5CN(c6ccc7c(c6)C(=O)N(C6CCC(=O)NC6=O)C7=O)C5)CC3)CC4)ncc12. The van der Waals surface area contributed by atoms with Gasteiger partial charge in [-0.25, -0.2) is 9.67 Å². The molecule has 5 aromatic rings. The molecule has 3 saturated heterocycles. The Morgan fingerprint density at radius 3 is 2.34 bits per heavy atom. The molecule has 1 atom stereocenters. The van der Waals surface area contributed by atoms with Gasteiger partial charge in [-0.3, -0.25) is 34.3 Å². The van der Waals surface area contributed by atoms with Crippen LogP contribution in [-0.4, -0.2) is 110 Å². The van der Waals surface area contributed by atoms with E-state index in [9.17, 15) is 19.2 Å². The fourth-order valence-electron chi connectivity index (χ4n) is 9.93. The molecule has 2 aromatic heterocycles. The molecule has 3 fully saturated rings. The molecule has 15 nitrogen and oxygen atoms in total. The third-order valence-corrected chi connectivity index (χ3v) is 13.3. The lowest BCUT2D eigenvalue weighted by Crippen LogP contribution is -2.54. The number of nitrogens with zero attached hydrogens (tertiary/aromatic N) is 8. The van der Waals surface area contributed by atoms with Crippen molar-refractivity contribution >= 4 is 63.5 Å². The molecule has 0 radical (unpaired) electrons. The number of hydrogen-bond donors (Lipinski definition) is 3. The third-order valence-electron chi connectivity index (χ3n) is 13.3. The van der Waals surface area contributed by atoms with Crippen LogP contribution >= 0.6 is 0 Å². The Kier molecular flexibility index (Phi) is 10.0. The molecule has 61 heavy (non-hydrogen) atoms. The first-order chi connectivity index (χ1) is 29.5. The minimum Gasteiger partial charge on any atom is -0.371 e. The van der Waals surface area contributed by atoms with E-state index in [0.29, 0.717) is 28.9 Å². The van der Waals surface area contributed by atoms with Gasteiger partial charge in [-0.2, -0.15) is 10.1 Å². The third kappa shape index (κ3) is 7.50. The topological polar surface area (TPSA) is 161 Å². The first-order valence-corrected chi connectivity index (χ1v) is 21.5. The predicted molar refractivity (Wildman–Crippen MR) is 232 cm³/mol. The van der Waals surface area contributed by atoms with Crippen LogP contribution in [0.4, 0.5) is 28.8 Å². The number of para-hydroxylation sites is 1. The molecule has 1 unspecified atom stereocenters. The smallest absolute Gasteiger partial charge is 0.262 e. The van der Waals surface area contributed by atoms with Gasteiger partial charge in [0.05, 0.1) is 16.5 Å². The monoisotopic (exact) mass is 821 g/mol. The molecule has 3 aromatic carbocycles. The van der Waals surface area contributed by atoms with Crippen molar-refractivity contribution in [2.75, 3.05) is 61.3 Å². The van der Waals surface area contributed by atoms with Gasteiger partial charge in [-0.1, -0.05) is 24.3 Å². The molecule has 314 valence electrons. The summed E-state index contributed by atoms with van der Waals surface area (Å²) < 4.78 is 1.80. The molecule has 0 aliphatic carbocycles. The molecule has 5 aliphatic rings. The number of likely N-dealkylation sites (tertiary alicyclic amines) is 1. The summed E-state index contributed by atoms with van der Waals surface area (Å²) in [6.45, 7) is 12.4. The van der Waals surface area contributed by atoms with E-state index in [1.54, 1.807) is 16.8 Å². The fourth-order valence-corrected chi connectivity index (χ4v) is 9.93. The maximum Gasteiger partial charge on any atom is 0.262 e. The van der Waals surface area contributed by atoms with Crippen LogP contribution in [0.3, 0.4) is 0 Å². The summed E-state index contributed by atoms with van der Waals surface area (Å²) >= 11 is 0. The van der Waals surface area contributed by atoms with E-state index >= 15 is 0 Å². The first-order valence-electron chi connectivity index (χ1n) is 21.5. The first kappa shape index (κ1) is 39.0. The van der Waals surface area contributed by atoms with Crippen molar-refractivity contribution in [3.8, 4) is 0 Å². The Morgan fingerprint density at radius 2 is 1.56 bits per heavy atom. The number of aromatic nitrogens is 4. The van der Waals surface area contributed by atoms with E-state index in [1.165, 1.54) is 24.0 Å². The Morgan fingerprint density at radius 1 is 0.787 bits per heavy atom. The van der Waals surface area contributed by atoms with E-state index < -0.39 is 23.8 Å². The summed E-state index contributed by atoms with van der Waals surface area (Å²) in [5.41, 5.74) is 9.43. The second-order valence-electron chi connectivity index (χ2n) is 17.6. The highest BCUT2D eigenvalue weighted by molar-refractivity contribution is 6.23. The van der Waals surface area contributed by atoms with Gasteiger partial charge in [0.2, 0.25) is 17.8 Å². The van der Waals surface area contributed by atoms with Crippen LogP contribution in [0.2, 0.25) is 0 Å². The number of piperidine rings is 2. The molecule has 0 bridgehead atoms. The lowest BCUT2D eigenvalue weighted by Gasteiger charge is -2.44. The van der Waals surface area contributed by atoms with Gasteiger partial charge in [0.25, 0.3) is 11.8 Å². The minimum absolute atomic E-state index is 0.105. The summed E-state index contributed by atoms with van der Waals surface area (Å²) in [6, 6.07) is 17.3. The zero-order valence-electron chi connectivity index (χ0n) is 34.9. The van der Waals surface area contributed by atoms with E-state index in [4.69, 9.17) is 10.1 Å². The number of anilines is 5. The number of hydrogen-bond acceptors (Lipinski definition) is 12. The number of carbonyl (C=O) groups is 4. The lowest BCUT2D eigenvalue weighted by molar-refractivity contribution is -0.136. The van der Waals surface area contributed by atoms with Crippen molar-refractivity contribution in [1.82, 2.24) is 39.8 Å². The number of rotatable bonds is 10. The molecular weight excluding hydrogens is 771 g/mol. The molecular formula is C46H51N11O4. The normalized spacial score (nSPS) is 20.2. The number of nitrogens with one attached hydrogen (secondary N) is 3. The molecule has 0 spiro atoms. The molecule has 4 amide bonds. The summed E-state index contributed by atoms with van der Waals surface area (Å²) in [7, 11) is 1.91. The number of aryl methyl sites for hydroxylation is 3. The van der Waals surface area contributed by atoms with Gasteiger partial charge < -0.3 is 20.4 Å². The predicted octanol–water partition coefficient (Wildman–Crippen LogP) is 5.08. The van der Waals surface area contributed by atoms with Gasteiger partial charge >= 0.3 is 0 Å². The summed E-state index contributed by atoms with van der Waals surface area (Å²) in [6.07, 6.45) is 5.54. The summed E-state index contributed by atoms with van der Waals surface area (Å²) in [5, 5.41) is 14.8. The Labute approximate surface area is 354 Å². The van der Waals surface area contributed by atoms with Gasteiger partial charge in [-0.05, 0) is 111 Å². The van der Waals surface area contributed by atoms with Gasteiger partial charge in [0, 0.05) is 81.9 Å². The van der Waals surface area contributed by atoms with E-state index in [0.717, 1.165) is 109 Å². The van der Waals surface area contributed by atoms with E-state index in [-0.39, 0.29) is 18.7 Å². The molecule has 3 N–H and O–H groups in total. The van der Waals surface area contributed by atoms with Crippen molar-refractivity contribution in [3.63, 3.8) is 0 Å². The van der Waals surface area contributed by atoms with Crippen LogP contribution < -0.4 is 20.9 Å². The standard InChI is InChI=1S/C46H51N11O4/c1-27-5-4-6-28(2)40(27)50-41-37-21-47-46(51-42(37)53(3)52-41)48-33-8-7-31-15-18-55(26-32(31)19-33)22-29-13-16-54(17-14-29)23-30-24-56(25-30)34-9-10-35-36(20-34)45(61)57(44(35)60)38-11-12-39(58)49-43(38)59/h4-10,19-21,29-30,38H,11-18,22-26H2,1-3H3,(H,50,52)(H,47,48,51)(H,49,58,59). The summed E-state index contributed by atoms with van der Waals surface area (Å²) in [5.74, 6) is 0.596. The van der Waals surface area contributed by atoms with Crippen LogP contribution in [0.15, 0.2) is 60.8 Å². The van der Waals surface area contributed by atoms with Crippen LogP contribution in [0.5, 0.6) is 0 Å². The highest BCUT2D eigenvalue weighted by atomic mass is 16.2. The highest BCUT2D eigenvalue weighted by Gasteiger charge is 2.45. The van der Waals surface area contributed by atoms with Crippen LogP contribution in [0.1, 0.15) is 68.7 Å². The second-order valence-corrected chi connectivity index (χ2v) is 17.6. The van der Waals surface area contributed by atoms with Crippen molar-refractivity contribution in [2.24, 2.45) is 18.9 Å². The molecule has 10 rings (SSSR count). The number of benzene rings is 3. The zero-order chi connectivity index (χ0) is 41.9. The van der Waals surface area contributed by atoms with Crippen LogP contribution in [0, 0.1) is 25.7 Å². The zero-order valence-corrected chi connectivity index (χ0v) is 34.9. The Bertz CT molecular complexity index is 2570. The number of amides is 4. The molecule has 0 saturated carbocycles. The Hall–Kier alpha value is -6.19. The average Bonchev–Trinajstić information content (AvgIpc) is 3.67. The molecule has 15 heteroatoms. The average molecular weight is 822 g/mol. The largest absolute Gasteiger partial charge is 0.371 e. The maximum absolute atomic E-state index is 13.3. The van der Waals surface area contributed by atoms with Crippen LogP contribution in [-0.2, 0) is 29.6 Å². The van der Waals surface area contributed by atoms with Crippen molar-refractivity contribution in [1.29, 1.82) is 0 Å². The maximum atomic E-state index is 13.3. The Balaban J connectivity index is 0.692. The number of carbonyl (C=O) groups excluding carboxylic acids is 4. The van der Waals surface area contributed by atoms with Crippen molar-refractivity contribution < 1.29 is 19.2 Å². The molecule has 5 aliphatic heterocycles. The molecule has 7 heterocycles. The number of imide groups is 2. The van der Waals surface area contributed by atoms with E-state index in [1.807, 2.05) is 19.3 Å². The van der Waals surface area contributed by atoms with Gasteiger partial charge in [0.1, 0.15) is 6.04 Å². The minimum atomic E-state index is -0.955.